The third-order valence-corrected chi connectivity index (χ3v) is 5.35. The van der Waals surface area contributed by atoms with Crippen LogP contribution in [-0.4, -0.2) is 26.8 Å². The fourth-order valence-corrected chi connectivity index (χ4v) is 3.80. The topological polar surface area (TPSA) is 52.1 Å². The lowest BCUT2D eigenvalue weighted by atomic mass is 10.1. The molecule has 0 aliphatic rings. The maximum absolute atomic E-state index is 12.1. The van der Waals surface area contributed by atoms with Gasteiger partial charge in [0.1, 0.15) is 0 Å². The van der Waals surface area contributed by atoms with Crippen molar-refractivity contribution in [1.29, 1.82) is 0 Å². The van der Waals surface area contributed by atoms with E-state index in [0.29, 0.717) is 33.7 Å². The molecule has 1 aromatic heterocycles. The Morgan fingerprint density at radius 3 is 2.50 bits per heavy atom. The van der Waals surface area contributed by atoms with Crippen molar-refractivity contribution in [2.24, 2.45) is 11.8 Å². The maximum atomic E-state index is 12.1. The molecule has 0 amide bonds. The first kappa shape index (κ1) is 15.6. The summed E-state index contributed by atoms with van der Waals surface area (Å²) in [6.07, 6.45) is 2.11. The van der Waals surface area contributed by atoms with Gasteiger partial charge in [-0.3, -0.25) is 4.21 Å². The molecule has 0 saturated heterocycles. The monoisotopic (exact) mass is 290 g/mol. The van der Waals surface area contributed by atoms with Crippen LogP contribution in [0.5, 0.6) is 5.19 Å². The van der Waals surface area contributed by atoms with Crippen LogP contribution in [0, 0.1) is 11.8 Å². The van der Waals surface area contributed by atoms with E-state index < -0.39 is 10.8 Å². The molecule has 0 fully saturated rings. The van der Waals surface area contributed by atoms with Crippen molar-refractivity contribution in [2.75, 3.05) is 12.4 Å². The van der Waals surface area contributed by atoms with Gasteiger partial charge in [-0.25, -0.2) is 0 Å². The van der Waals surface area contributed by atoms with Crippen LogP contribution in [0.3, 0.4) is 0 Å². The predicted octanol–water partition coefficient (Wildman–Crippen LogP) is 3.12. The molecule has 0 saturated carbocycles. The summed E-state index contributed by atoms with van der Waals surface area (Å²) in [6.45, 7) is 9.03. The van der Waals surface area contributed by atoms with E-state index in [9.17, 15) is 4.21 Å². The Balaban J connectivity index is 2.53. The molecule has 1 aromatic rings. The van der Waals surface area contributed by atoms with Crippen molar-refractivity contribution in [3.8, 4) is 5.19 Å². The summed E-state index contributed by atoms with van der Waals surface area (Å²) in [7, 11) is -1.04. The Labute approximate surface area is 116 Å². The molecule has 0 aliphatic carbocycles. The van der Waals surface area contributed by atoms with Crippen LogP contribution in [-0.2, 0) is 10.8 Å². The number of aromatic nitrogens is 2. The van der Waals surface area contributed by atoms with Crippen LogP contribution in [0.1, 0.15) is 40.5 Å². The van der Waals surface area contributed by atoms with Crippen molar-refractivity contribution in [2.45, 2.75) is 44.9 Å². The second-order valence-electron chi connectivity index (χ2n) is 4.73. The summed E-state index contributed by atoms with van der Waals surface area (Å²) in [5, 5.41) is 8.41. The molecule has 1 atom stereocenters. The predicted molar refractivity (Wildman–Crippen MR) is 75.6 cm³/mol. The van der Waals surface area contributed by atoms with E-state index in [1.54, 1.807) is 0 Å². The van der Waals surface area contributed by atoms with E-state index in [4.69, 9.17) is 4.74 Å². The molecular formula is C12H22N2O2S2. The summed E-state index contributed by atoms with van der Waals surface area (Å²) in [5.41, 5.74) is 0. The Kier molecular flexibility index (Phi) is 6.78. The summed E-state index contributed by atoms with van der Waals surface area (Å²) in [6, 6.07) is 0. The Morgan fingerprint density at radius 2 is 1.94 bits per heavy atom. The lowest BCUT2D eigenvalue weighted by Crippen LogP contribution is -2.09. The number of ether oxygens (including phenoxy) is 1. The highest BCUT2D eigenvalue weighted by Gasteiger charge is 2.16. The van der Waals surface area contributed by atoms with Crippen molar-refractivity contribution < 1.29 is 8.95 Å². The summed E-state index contributed by atoms with van der Waals surface area (Å²) in [4.78, 5) is 0. The van der Waals surface area contributed by atoms with Gasteiger partial charge in [0, 0.05) is 5.75 Å². The largest absolute Gasteiger partial charge is 0.469 e. The summed E-state index contributed by atoms with van der Waals surface area (Å²) >= 11 is 1.30. The van der Waals surface area contributed by atoms with Gasteiger partial charge in [0.15, 0.2) is 0 Å². The average molecular weight is 290 g/mol. The van der Waals surface area contributed by atoms with Crippen LogP contribution in [0.4, 0.5) is 0 Å². The number of hydrogen-bond donors (Lipinski definition) is 0. The fourth-order valence-electron chi connectivity index (χ4n) is 1.40. The third-order valence-electron chi connectivity index (χ3n) is 2.66. The van der Waals surface area contributed by atoms with E-state index in [0.717, 1.165) is 12.8 Å². The molecule has 1 rings (SSSR count). The lowest BCUT2D eigenvalue weighted by Gasteiger charge is -2.09. The van der Waals surface area contributed by atoms with Crippen LogP contribution < -0.4 is 4.74 Å². The van der Waals surface area contributed by atoms with Gasteiger partial charge in [-0.05, 0) is 23.2 Å². The first-order valence-corrected chi connectivity index (χ1v) is 8.55. The van der Waals surface area contributed by atoms with Gasteiger partial charge in [0.25, 0.3) is 5.19 Å². The van der Waals surface area contributed by atoms with Gasteiger partial charge in [-0.1, -0.05) is 45.6 Å². The van der Waals surface area contributed by atoms with Crippen molar-refractivity contribution in [3.63, 3.8) is 0 Å². The van der Waals surface area contributed by atoms with Gasteiger partial charge in [-0.15, -0.1) is 5.10 Å². The number of nitrogens with zero attached hydrogens (tertiary/aromatic N) is 2. The smallest absolute Gasteiger partial charge is 0.294 e. The summed E-state index contributed by atoms with van der Waals surface area (Å²) in [5.74, 6) is 1.62. The molecule has 0 radical (unpaired) electrons. The van der Waals surface area contributed by atoms with Crippen molar-refractivity contribution >= 4 is 22.1 Å². The maximum Gasteiger partial charge on any atom is 0.294 e. The van der Waals surface area contributed by atoms with Gasteiger partial charge in [0.05, 0.1) is 17.4 Å². The Morgan fingerprint density at radius 1 is 1.28 bits per heavy atom. The minimum Gasteiger partial charge on any atom is -0.469 e. The normalized spacial score (nSPS) is 13.2. The van der Waals surface area contributed by atoms with Crippen molar-refractivity contribution in [1.82, 2.24) is 10.2 Å². The zero-order valence-corrected chi connectivity index (χ0v) is 13.1. The van der Waals surface area contributed by atoms with Crippen LogP contribution >= 0.6 is 11.3 Å². The first-order chi connectivity index (χ1) is 8.56. The number of rotatable bonds is 8. The Bertz CT molecular complexity index is 376. The molecule has 0 bridgehead atoms. The van der Waals surface area contributed by atoms with Gasteiger partial charge >= 0.3 is 0 Å². The van der Waals surface area contributed by atoms with E-state index in [1.165, 1.54) is 11.3 Å². The molecule has 4 nitrogen and oxygen atoms in total. The Hall–Kier alpha value is -0.490. The zero-order chi connectivity index (χ0) is 13.5. The average Bonchev–Trinajstić information content (AvgIpc) is 2.82. The highest BCUT2D eigenvalue weighted by atomic mass is 32.2. The van der Waals surface area contributed by atoms with Crippen molar-refractivity contribution in [3.05, 3.63) is 0 Å². The van der Waals surface area contributed by atoms with Gasteiger partial charge < -0.3 is 4.74 Å². The molecule has 1 heterocycles. The van der Waals surface area contributed by atoms with Crippen LogP contribution in [0.15, 0.2) is 4.34 Å². The van der Waals surface area contributed by atoms with E-state index in [2.05, 4.69) is 37.9 Å². The quantitative estimate of drug-likeness (QED) is 0.738. The molecule has 0 spiro atoms. The molecule has 18 heavy (non-hydrogen) atoms. The van der Waals surface area contributed by atoms with E-state index in [1.807, 2.05) is 0 Å². The van der Waals surface area contributed by atoms with Gasteiger partial charge in [0.2, 0.25) is 4.34 Å². The highest BCUT2D eigenvalue weighted by molar-refractivity contribution is 7.87. The fraction of sp³-hybridized carbons (Fsp3) is 0.833. The minimum atomic E-state index is -1.04. The molecule has 1 unspecified atom stereocenters. The van der Waals surface area contributed by atoms with E-state index >= 15 is 0 Å². The molecular weight excluding hydrogens is 268 g/mol. The molecule has 0 N–H and O–H groups in total. The molecule has 104 valence electrons. The molecule has 0 aromatic carbocycles. The molecule has 0 aliphatic heterocycles. The SMILES string of the molecule is CCC(CC)CS(=O)c1nnc(OCC(C)C)s1. The summed E-state index contributed by atoms with van der Waals surface area (Å²) < 4.78 is 18.1. The van der Waals surface area contributed by atoms with Crippen LogP contribution in [0.2, 0.25) is 0 Å². The number of hydrogen-bond acceptors (Lipinski definition) is 5. The van der Waals surface area contributed by atoms with E-state index in [-0.39, 0.29) is 0 Å². The minimum absolute atomic E-state index is 0.451. The lowest BCUT2D eigenvalue weighted by molar-refractivity contribution is 0.268. The standard InChI is InChI=1S/C12H22N2O2S2/c1-5-10(6-2)8-18(15)12-14-13-11(17-12)16-7-9(3)4/h9-10H,5-8H2,1-4H3. The highest BCUT2D eigenvalue weighted by Crippen LogP contribution is 2.23. The van der Waals surface area contributed by atoms with Gasteiger partial charge in [-0.2, -0.15) is 0 Å². The zero-order valence-electron chi connectivity index (χ0n) is 11.5. The van der Waals surface area contributed by atoms with Crippen LogP contribution in [0.25, 0.3) is 0 Å². The third kappa shape index (κ3) is 5.02. The first-order valence-electron chi connectivity index (χ1n) is 6.41. The molecule has 6 heteroatoms. The second-order valence-corrected chi connectivity index (χ2v) is 7.34. The second kappa shape index (κ2) is 7.84.